The second-order valence-electron chi connectivity index (χ2n) is 10.8. The molecule has 2 heterocycles. The summed E-state index contributed by atoms with van der Waals surface area (Å²) in [6.07, 6.45) is 1.83. The van der Waals surface area contributed by atoms with Gasteiger partial charge in [-0.2, -0.15) is 0 Å². The number of carbonyl (C=O) groups is 4. The van der Waals surface area contributed by atoms with Crippen LogP contribution >= 0.6 is 23.2 Å². The van der Waals surface area contributed by atoms with Crippen LogP contribution in [0.25, 0.3) is 0 Å². The van der Waals surface area contributed by atoms with Crippen LogP contribution in [0.5, 0.6) is 17.2 Å². The van der Waals surface area contributed by atoms with Crippen molar-refractivity contribution in [2.75, 3.05) is 26.2 Å². The van der Waals surface area contributed by atoms with Crippen LogP contribution in [0, 0.1) is 23.6 Å². The first-order chi connectivity index (χ1) is 19.4. The molecule has 6 unspecified atom stereocenters. The van der Waals surface area contributed by atoms with E-state index in [1.807, 2.05) is 0 Å². The van der Waals surface area contributed by atoms with Gasteiger partial charge in [0.25, 0.3) is 11.8 Å². The number of halogens is 3. The van der Waals surface area contributed by atoms with Crippen LogP contribution in [0.3, 0.4) is 0 Å². The van der Waals surface area contributed by atoms with E-state index in [2.05, 4.69) is 0 Å². The Kier molecular flexibility index (Phi) is 6.17. The standard InChI is InChI=1S/C29H25Cl2FN2O7/c1-33-24(36)17-9-8-16-18(21(17)25(33)37)12-28(30)26(38)34(15-6-4-14(32)5-7-15)27(39)29(28,31)22(16)13-10-19(40-2)23(35)20(11-13)41-3/h4-8,10-11,17-18,21-22,35H,9,12H2,1-3H3. The van der Waals surface area contributed by atoms with E-state index in [1.165, 1.54) is 45.5 Å². The highest BCUT2D eigenvalue weighted by Crippen LogP contribution is 2.66. The van der Waals surface area contributed by atoms with E-state index in [0.29, 0.717) is 11.1 Å². The van der Waals surface area contributed by atoms with Crippen LogP contribution in [0.15, 0.2) is 48.0 Å². The number of likely N-dealkylation sites (tertiary alicyclic amines) is 1. The molecule has 1 N–H and O–H groups in total. The Bertz CT molecular complexity index is 1540. The van der Waals surface area contributed by atoms with Gasteiger partial charge in [-0.05, 0) is 60.7 Å². The molecule has 41 heavy (non-hydrogen) atoms. The molecular formula is C29H25Cl2FN2O7. The lowest BCUT2D eigenvalue weighted by molar-refractivity contribution is -0.138. The van der Waals surface area contributed by atoms with Gasteiger partial charge in [0.1, 0.15) is 5.82 Å². The molecule has 4 aliphatic rings. The topological polar surface area (TPSA) is 113 Å². The van der Waals surface area contributed by atoms with Crippen LogP contribution in [0.4, 0.5) is 10.1 Å². The maximum absolute atomic E-state index is 14.3. The number of allylic oxidation sites excluding steroid dienone is 2. The molecule has 2 aromatic carbocycles. The van der Waals surface area contributed by atoms with E-state index >= 15 is 0 Å². The third kappa shape index (κ3) is 3.46. The smallest absolute Gasteiger partial charge is 0.258 e. The predicted octanol–water partition coefficient (Wildman–Crippen LogP) is 3.74. The summed E-state index contributed by atoms with van der Waals surface area (Å²) < 4.78 is 24.5. The first-order valence-electron chi connectivity index (χ1n) is 12.9. The summed E-state index contributed by atoms with van der Waals surface area (Å²) in [7, 11) is 4.10. The minimum Gasteiger partial charge on any atom is -0.502 e. The van der Waals surface area contributed by atoms with Gasteiger partial charge in [-0.15, -0.1) is 23.2 Å². The molecule has 12 heteroatoms. The Morgan fingerprint density at radius 3 is 2.15 bits per heavy atom. The lowest BCUT2D eigenvalue weighted by Gasteiger charge is -2.50. The van der Waals surface area contributed by atoms with Gasteiger partial charge in [-0.25, -0.2) is 9.29 Å². The minimum atomic E-state index is -2.11. The predicted molar refractivity (Wildman–Crippen MR) is 146 cm³/mol. The summed E-state index contributed by atoms with van der Waals surface area (Å²) in [6.45, 7) is 0. The Labute approximate surface area is 244 Å². The zero-order chi connectivity index (χ0) is 29.6. The molecular weight excluding hydrogens is 578 g/mol. The molecule has 6 rings (SSSR count). The highest BCUT2D eigenvalue weighted by molar-refractivity contribution is 6.58. The molecule has 3 fully saturated rings. The number of ether oxygens (including phenoxy) is 2. The molecule has 4 amide bonds. The number of carbonyl (C=O) groups excluding carboxylic acids is 4. The Balaban J connectivity index is 1.61. The van der Waals surface area contributed by atoms with Crippen molar-refractivity contribution in [3.63, 3.8) is 0 Å². The maximum Gasteiger partial charge on any atom is 0.258 e. The molecule has 2 aliphatic carbocycles. The number of phenols is 1. The molecule has 1 saturated carbocycles. The number of alkyl halides is 2. The Hall–Kier alpha value is -3.63. The lowest BCUT2D eigenvalue weighted by atomic mass is 9.56. The quantitative estimate of drug-likeness (QED) is 0.322. The van der Waals surface area contributed by atoms with Crippen molar-refractivity contribution in [3.05, 3.63) is 59.4 Å². The van der Waals surface area contributed by atoms with Gasteiger partial charge < -0.3 is 14.6 Å². The summed E-state index contributed by atoms with van der Waals surface area (Å²) in [4.78, 5) is 52.5. The van der Waals surface area contributed by atoms with Crippen molar-refractivity contribution in [2.45, 2.75) is 28.5 Å². The van der Waals surface area contributed by atoms with E-state index in [-0.39, 0.29) is 41.7 Å². The summed E-state index contributed by atoms with van der Waals surface area (Å²) in [5.41, 5.74) is 1.00. The Morgan fingerprint density at radius 1 is 0.951 bits per heavy atom. The molecule has 6 atom stereocenters. The van der Waals surface area contributed by atoms with Crippen LogP contribution in [-0.2, 0) is 19.2 Å². The number of hydrogen-bond donors (Lipinski definition) is 1. The number of nitrogens with zero attached hydrogens (tertiary/aromatic N) is 2. The van der Waals surface area contributed by atoms with Crippen LogP contribution < -0.4 is 14.4 Å². The highest BCUT2D eigenvalue weighted by Gasteiger charge is 2.76. The van der Waals surface area contributed by atoms with Gasteiger partial charge in [0.2, 0.25) is 17.6 Å². The molecule has 2 aliphatic heterocycles. The number of hydrogen-bond acceptors (Lipinski definition) is 7. The molecule has 0 aromatic heterocycles. The van der Waals surface area contributed by atoms with E-state index in [0.717, 1.165) is 21.9 Å². The van der Waals surface area contributed by atoms with Crippen LogP contribution in [0.1, 0.15) is 24.3 Å². The van der Waals surface area contributed by atoms with Gasteiger partial charge in [-0.1, -0.05) is 11.6 Å². The number of aromatic hydroxyl groups is 1. The summed E-state index contributed by atoms with van der Waals surface area (Å²) in [5, 5.41) is 10.6. The molecule has 0 radical (unpaired) electrons. The normalized spacial score (nSPS) is 32.5. The third-order valence-electron chi connectivity index (χ3n) is 8.95. The van der Waals surface area contributed by atoms with Crippen molar-refractivity contribution >= 4 is 52.5 Å². The monoisotopic (exact) mass is 602 g/mol. The zero-order valence-electron chi connectivity index (χ0n) is 22.2. The van der Waals surface area contributed by atoms with Crippen molar-refractivity contribution in [2.24, 2.45) is 17.8 Å². The van der Waals surface area contributed by atoms with Crippen molar-refractivity contribution in [1.29, 1.82) is 0 Å². The van der Waals surface area contributed by atoms with Gasteiger partial charge >= 0.3 is 0 Å². The number of fused-ring (bicyclic) bond motifs is 4. The van der Waals surface area contributed by atoms with Gasteiger partial charge in [0.15, 0.2) is 21.2 Å². The summed E-state index contributed by atoms with van der Waals surface area (Å²) >= 11 is 14.6. The zero-order valence-corrected chi connectivity index (χ0v) is 23.7. The number of amides is 4. The van der Waals surface area contributed by atoms with E-state index in [4.69, 9.17) is 32.7 Å². The molecule has 2 aromatic rings. The molecule has 2 saturated heterocycles. The molecule has 0 spiro atoms. The van der Waals surface area contributed by atoms with Gasteiger partial charge in [0.05, 0.1) is 31.7 Å². The molecule has 214 valence electrons. The van der Waals surface area contributed by atoms with E-state index in [9.17, 15) is 28.7 Å². The minimum absolute atomic E-state index is 0.0233. The maximum atomic E-state index is 14.3. The number of methoxy groups -OCH3 is 2. The SMILES string of the molecule is COc1cc(C2C3=CCC4C(=O)N(C)C(=O)C4C3CC3(Cl)C(=O)N(c4ccc(F)cc4)C(=O)C23Cl)cc(OC)c1O. The summed E-state index contributed by atoms with van der Waals surface area (Å²) in [5.74, 6) is -6.43. The molecule has 9 nitrogen and oxygen atoms in total. The molecule has 0 bridgehead atoms. The Morgan fingerprint density at radius 2 is 1.56 bits per heavy atom. The van der Waals surface area contributed by atoms with Crippen LogP contribution in [-0.4, -0.2) is 64.7 Å². The number of phenolic OH excluding ortho intramolecular Hbond substituents is 1. The second-order valence-corrected chi connectivity index (χ2v) is 12.0. The van der Waals surface area contributed by atoms with Gasteiger partial charge in [0, 0.05) is 13.0 Å². The largest absolute Gasteiger partial charge is 0.502 e. The van der Waals surface area contributed by atoms with Crippen molar-refractivity contribution < 1.29 is 38.1 Å². The van der Waals surface area contributed by atoms with Crippen molar-refractivity contribution in [3.8, 4) is 17.2 Å². The first-order valence-corrected chi connectivity index (χ1v) is 13.6. The van der Waals surface area contributed by atoms with Gasteiger partial charge in [-0.3, -0.25) is 24.1 Å². The fourth-order valence-corrected chi connectivity index (χ4v) is 7.95. The first kappa shape index (κ1) is 27.5. The van der Waals surface area contributed by atoms with Crippen LogP contribution in [0.2, 0.25) is 0 Å². The third-order valence-corrected chi connectivity index (χ3v) is 10.4. The van der Waals surface area contributed by atoms with Crippen molar-refractivity contribution in [1.82, 2.24) is 4.90 Å². The van der Waals surface area contributed by atoms with E-state index < -0.39 is 57.0 Å². The summed E-state index contributed by atoms with van der Waals surface area (Å²) in [6, 6.07) is 7.73. The lowest BCUT2D eigenvalue weighted by Crippen LogP contribution is -2.60. The fourth-order valence-electron chi connectivity index (χ4n) is 7.01. The fraction of sp³-hybridized carbons (Fsp3) is 0.379. The van der Waals surface area contributed by atoms with E-state index in [1.54, 1.807) is 6.08 Å². The average molecular weight is 603 g/mol. The second kappa shape index (κ2) is 9.19. The number of rotatable bonds is 4. The highest BCUT2D eigenvalue weighted by atomic mass is 35.5. The number of imide groups is 2. The average Bonchev–Trinajstić information content (AvgIpc) is 3.27. The number of anilines is 1. The number of benzene rings is 2.